The molecule has 1 unspecified atom stereocenters. The Balaban J connectivity index is 2.55. The Morgan fingerprint density at radius 3 is 3.25 bits per heavy atom. The lowest BCUT2D eigenvalue weighted by molar-refractivity contribution is 0.473. The first kappa shape index (κ1) is 7.18. The molecular weight excluding hydrogens is 152 g/mol. The maximum absolute atomic E-state index is 9.12. The summed E-state index contributed by atoms with van der Waals surface area (Å²) in [6.07, 6.45) is 3.44. The van der Waals surface area contributed by atoms with Crippen molar-refractivity contribution in [2.24, 2.45) is 5.73 Å². The van der Waals surface area contributed by atoms with Gasteiger partial charge in [-0.3, -0.25) is 0 Å². The Kier molecular flexibility index (Phi) is 1.52. The largest absolute Gasteiger partial charge is 0.507 e. The van der Waals surface area contributed by atoms with Crippen LogP contribution in [-0.2, 0) is 0 Å². The summed E-state index contributed by atoms with van der Waals surface area (Å²) in [6.45, 7) is 0. The summed E-state index contributed by atoms with van der Waals surface area (Å²) in [5.41, 5.74) is 7.63. The second-order valence-electron chi connectivity index (χ2n) is 2.71. The quantitative estimate of drug-likeness (QED) is 0.525. The smallest absolute Gasteiger partial charge is 0.124 e. The highest BCUT2D eigenvalue weighted by atomic mass is 16.3. The highest BCUT2D eigenvalue weighted by molar-refractivity contribution is 5.58. The van der Waals surface area contributed by atoms with Crippen LogP contribution < -0.4 is 11.1 Å². The minimum absolute atomic E-state index is 0.146. The molecule has 1 aromatic rings. The topological polar surface area (TPSA) is 58.3 Å². The fourth-order valence-electron chi connectivity index (χ4n) is 1.25. The van der Waals surface area contributed by atoms with Gasteiger partial charge in [-0.05, 0) is 35.5 Å². The maximum atomic E-state index is 9.12. The zero-order chi connectivity index (χ0) is 8.55. The van der Waals surface area contributed by atoms with Crippen molar-refractivity contribution in [3.05, 3.63) is 35.5 Å². The van der Waals surface area contributed by atoms with Crippen LogP contribution in [0.25, 0.3) is 6.08 Å². The highest BCUT2D eigenvalue weighted by Crippen LogP contribution is 2.23. The third-order valence-corrected chi connectivity index (χ3v) is 1.87. The van der Waals surface area contributed by atoms with Crippen LogP contribution >= 0.6 is 0 Å². The van der Waals surface area contributed by atoms with Gasteiger partial charge in [0.25, 0.3) is 0 Å². The predicted molar refractivity (Wildman–Crippen MR) is 46.0 cm³/mol. The van der Waals surface area contributed by atoms with Crippen LogP contribution in [0.2, 0.25) is 0 Å². The summed E-state index contributed by atoms with van der Waals surface area (Å²) in [4.78, 5) is 0. The normalized spacial score (nSPS) is 19.9. The highest BCUT2D eigenvalue weighted by Gasteiger charge is 2.11. The maximum Gasteiger partial charge on any atom is 0.124 e. The molecule has 0 fully saturated rings. The van der Waals surface area contributed by atoms with E-state index in [9.17, 15) is 0 Å². The number of nitrogens with one attached hydrogen (secondary N) is 1. The van der Waals surface area contributed by atoms with Crippen molar-refractivity contribution in [1.82, 2.24) is 5.32 Å². The third-order valence-electron chi connectivity index (χ3n) is 1.87. The van der Waals surface area contributed by atoms with Gasteiger partial charge in [0, 0.05) is 6.07 Å². The minimum Gasteiger partial charge on any atom is -0.507 e. The molecule has 1 heterocycles. The summed E-state index contributed by atoms with van der Waals surface area (Å²) < 4.78 is 0. The van der Waals surface area contributed by atoms with Crippen LogP contribution in [0, 0.1) is 6.07 Å². The van der Waals surface area contributed by atoms with Gasteiger partial charge in [-0.2, -0.15) is 0 Å². The molecule has 0 saturated carbocycles. The van der Waals surface area contributed by atoms with E-state index in [1.54, 1.807) is 18.3 Å². The minimum atomic E-state index is -0.193. The Morgan fingerprint density at radius 1 is 1.58 bits per heavy atom. The number of benzene rings is 1. The summed E-state index contributed by atoms with van der Waals surface area (Å²) in [5, 5.41) is 12.1. The standard InChI is InChI=1S/C9H9N2O/c10-9-8-2-1-7(12)5-6(8)3-4-11-9/h2-5,9,11-12H,10H2. The summed E-state index contributed by atoms with van der Waals surface area (Å²) in [7, 11) is 0. The molecule has 1 atom stereocenters. The lowest BCUT2D eigenvalue weighted by Gasteiger charge is -2.19. The molecule has 0 amide bonds. The zero-order valence-corrected chi connectivity index (χ0v) is 6.41. The van der Waals surface area contributed by atoms with Crippen molar-refractivity contribution in [3.8, 4) is 5.75 Å². The number of rotatable bonds is 0. The fraction of sp³-hybridized carbons (Fsp3) is 0.111. The summed E-state index contributed by atoms with van der Waals surface area (Å²) >= 11 is 0. The van der Waals surface area contributed by atoms with Gasteiger partial charge in [0.15, 0.2) is 0 Å². The van der Waals surface area contributed by atoms with E-state index >= 15 is 0 Å². The van der Waals surface area contributed by atoms with Gasteiger partial charge in [-0.25, -0.2) is 0 Å². The number of phenolic OH excluding ortho intramolecular Hbond substituents is 1. The number of hydrogen-bond acceptors (Lipinski definition) is 3. The molecule has 0 aliphatic carbocycles. The molecule has 1 radical (unpaired) electrons. The zero-order valence-electron chi connectivity index (χ0n) is 6.41. The van der Waals surface area contributed by atoms with Gasteiger partial charge in [0.2, 0.25) is 0 Å². The van der Waals surface area contributed by atoms with Crippen molar-refractivity contribution < 1.29 is 5.11 Å². The van der Waals surface area contributed by atoms with Gasteiger partial charge in [-0.1, -0.05) is 0 Å². The van der Waals surface area contributed by atoms with Crippen molar-refractivity contribution in [3.63, 3.8) is 0 Å². The van der Waals surface area contributed by atoms with E-state index in [0.29, 0.717) is 0 Å². The molecule has 0 spiro atoms. The number of hydrogen-bond donors (Lipinski definition) is 3. The van der Waals surface area contributed by atoms with Crippen molar-refractivity contribution >= 4 is 6.08 Å². The van der Waals surface area contributed by atoms with Crippen LogP contribution in [0.4, 0.5) is 0 Å². The van der Waals surface area contributed by atoms with E-state index in [2.05, 4.69) is 11.4 Å². The Labute approximate surface area is 70.5 Å². The Hall–Kier alpha value is -1.48. The van der Waals surface area contributed by atoms with E-state index in [0.717, 1.165) is 11.1 Å². The average Bonchev–Trinajstić information content (AvgIpc) is 2.04. The Morgan fingerprint density at radius 2 is 2.42 bits per heavy atom. The number of fused-ring (bicyclic) bond motifs is 1. The van der Waals surface area contributed by atoms with E-state index in [1.165, 1.54) is 0 Å². The lowest BCUT2D eigenvalue weighted by Crippen LogP contribution is -2.27. The lowest BCUT2D eigenvalue weighted by atomic mass is 10.0. The van der Waals surface area contributed by atoms with E-state index in [4.69, 9.17) is 10.8 Å². The fourth-order valence-corrected chi connectivity index (χ4v) is 1.25. The molecule has 12 heavy (non-hydrogen) atoms. The van der Waals surface area contributed by atoms with Crippen LogP contribution in [0.1, 0.15) is 17.3 Å². The van der Waals surface area contributed by atoms with Crippen molar-refractivity contribution in [1.29, 1.82) is 0 Å². The van der Waals surface area contributed by atoms with Gasteiger partial charge >= 0.3 is 0 Å². The summed E-state index contributed by atoms with van der Waals surface area (Å²) in [5.74, 6) is 0.146. The number of aromatic hydroxyl groups is 1. The molecular formula is C9H9N2O. The van der Waals surface area contributed by atoms with E-state index in [-0.39, 0.29) is 11.9 Å². The van der Waals surface area contributed by atoms with E-state index < -0.39 is 0 Å². The number of nitrogens with two attached hydrogens (primary N) is 1. The molecule has 61 valence electrons. The molecule has 0 aromatic heterocycles. The second kappa shape index (κ2) is 2.53. The molecule has 0 saturated heterocycles. The first-order valence-corrected chi connectivity index (χ1v) is 3.70. The Bertz CT molecular complexity index is 333. The van der Waals surface area contributed by atoms with Crippen LogP contribution in [0.3, 0.4) is 0 Å². The SMILES string of the molecule is NC1NC=Cc2cc(O)[c]cc21. The second-order valence-corrected chi connectivity index (χ2v) is 2.71. The molecule has 4 N–H and O–H groups in total. The van der Waals surface area contributed by atoms with Gasteiger partial charge < -0.3 is 16.2 Å². The van der Waals surface area contributed by atoms with Gasteiger partial charge in [-0.15, -0.1) is 0 Å². The molecule has 0 bridgehead atoms. The number of phenols is 1. The molecule has 1 aliphatic heterocycles. The average molecular weight is 161 g/mol. The molecule has 1 aliphatic rings. The van der Waals surface area contributed by atoms with Crippen molar-refractivity contribution in [2.75, 3.05) is 0 Å². The first-order valence-electron chi connectivity index (χ1n) is 3.70. The van der Waals surface area contributed by atoms with Gasteiger partial charge in [0.05, 0.1) is 0 Å². The molecule has 3 heteroatoms. The molecule has 2 rings (SSSR count). The third kappa shape index (κ3) is 1.04. The monoisotopic (exact) mass is 161 g/mol. The van der Waals surface area contributed by atoms with Gasteiger partial charge in [0.1, 0.15) is 11.9 Å². The van der Waals surface area contributed by atoms with Crippen LogP contribution in [0.5, 0.6) is 5.75 Å². The summed E-state index contributed by atoms with van der Waals surface area (Å²) in [6, 6.07) is 6.04. The molecule has 1 aromatic carbocycles. The van der Waals surface area contributed by atoms with Crippen LogP contribution in [-0.4, -0.2) is 5.11 Å². The predicted octanol–water partition coefficient (Wildman–Crippen LogP) is 0.724. The van der Waals surface area contributed by atoms with E-state index in [1.807, 2.05) is 6.08 Å². The molecule has 3 nitrogen and oxygen atoms in total. The first-order chi connectivity index (χ1) is 5.77. The van der Waals surface area contributed by atoms with Crippen molar-refractivity contribution in [2.45, 2.75) is 6.17 Å². The van der Waals surface area contributed by atoms with Crippen LogP contribution in [0.15, 0.2) is 18.3 Å².